The molecule has 0 amide bonds. The first-order valence-electron chi connectivity index (χ1n) is 8.94. The molecule has 21 heavy (non-hydrogen) atoms. The van der Waals surface area contributed by atoms with E-state index in [1.165, 1.54) is 32.1 Å². The van der Waals surface area contributed by atoms with Crippen molar-refractivity contribution in [1.82, 2.24) is 0 Å². The van der Waals surface area contributed by atoms with Crippen molar-refractivity contribution in [3.8, 4) is 6.07 Å². The number of nitriles is 1. The normalized spacial score (nSPS) is 34.5. The Morgan fingerprint density at radius 2 is 1.90 bits per heavy atom. The molecule has 3 unspecified atom stereocenters. The first-order chi connectivity index (χ1) is 10.3. The van der Waals surface area contributed by atoms with Gasteiger partial charge in [0.2, 0.25) is 0 Å². The number of ether oxygens (including phenoxy) is 2. The third kappa shape index (κ3) is 3.99. The third-order valence-corrected chi connectivity index (χ3v) is 5.19. The summed E-state index contributed by atoms with van der Waals surface area (Å²) in [5.74, 6) is 0.543. The minimum atomic E-state index is -0.422. The zero-order valence-electron chi connectivity index (χ0n) is 13.8. The monoisotopic (exact) mass is 293 g/mol. The van der Waals surface area contributed by atoms with Gasteiger partial charge < -0.3 is 9.47 Å². The summed E-state index contributed by atoms with van der Waals surface area (Å²) < 4.78 is 12.4. The average molecular weight is 293 g/mol. The van der Waals surface area contributed by atoms with E-state index < -0.39 is 5.41 Å². The molecule has 0 bridgehead atoms. The second-order valence-electron chi connectivity index (χ2n) is 6.86. The molecular formula is C18H31NO2. The van der Waals surface area contributed by atoms with Crippen LogP contribution >= 0.6 is 0 Å². The number of nitrogens with zero attached hydrogens (tertiary/aromatic N) is 1. The van der Waals surface area contributed by atoms with Crippen molar-refractivity contribution in [2.24, 2.45) is 11.3 Å². The van der Waals surface area contributed by atoms with Crippen LogP contribution in [-0.4, -0.2) is 19.0 Å². The summed E-state index contributed by atoms with van der Waals surface area (Å²) in [6.07, 6.45) is 11.6. The molecule has 3 heteroatoms. The second kappa shape index (κ2) is 8.15. The van der Waals surface area contributed by atoms with Crippen molar-refractivity contribution >= 4 is 0 Å². The van der Waals surface area contributed by atoms with Gasteiger partial charge in [0.1, 0.15) is 5.41 Å². The van der Waals surface area contributed by atoms with Gasteiger partial charge in [-0.25, -0.2) is 0 Å². The molecule has 1 saturated heterocycles. The Kier molecular flexibility index (Phi) is 6.51. The Balaban J connectivity index is 2.04. The summed E-state index contributed by atoms with van der Waals surface area (Å²) in [5.41, 5.74) is -0.422. The van der Waals surface area contributed by atoms with E-state index in [0.29, 0.717) is 12.5 Å². The van der Waals surface area contributed by atoms with Gasteiger partial charge in [0.25, 0.3) is 0 Å². The fourth-order valence-electron chi connectivity index (χ4n) is 3.88. The summed E-state index contributed by atoms with van der Waals surface area (Å²) >= 11 is 0. The highest BCUT2D eigenvalue weighted by molar-refractivity contribution is 5.06. The summed E-state index contributed by atoms with van der Waals surface area (Å²) in [6.45, 7) is 4.90. The number of hydrogen-bond acceptors (Lipinski definition) is 3. The fourth-order valence-corrected chi connectivity index (χ4v) is 3.88. The maximum absolute atomic E-state index is 9.73. The van der Waals surface area contributed by atoms with Crippen LogP contribution in [0.15, 0.2) is 0 Å². The summed E-state index contributed by atoms with van der Waals surface area (Å²) in [7, 11) is 0. The lowest BCUT2D eigenvalue weighted by atomic mass is 9.77. The SMILES string of the molecule is CCCCC1OC(C2CCCCC2)OCC1(C#N)CCC. The highest BCUT2D eigenvalue weighted by atomic mass is 16.7. The van der Waals surface area contributed by atoms with E-state index in [9.17, 15) is 5.26 Å². The maximum Gasteiger partial charge on any atom is 0.160 e. The molecule has 0 aromatic rings. The van der Waals surface area contributed by atoms with Crippen LogP contribution in [0.5, 0.6) is 0 Å². The van der Waals surface area contributed by atoms with E-state index in [2.05, 4.69) is 19.9 Å². The second-order valence-corrected chi connectivity index (χ2v) is 6.86. The molecule has 0 aromatic carbocycles. The molecule has 3 atom stereocenters. The Bertz CT molecular complexity index is 346. The molecule has 2 aliphatic rings. The summed E-state index contributed by atoms with van der Waals surface area (Å²) in [6, 6.07) is 2.55. The minimum Gasteiger partial charge on any atom is -0.351 e. The van der Waals surface area contributed by atoms with Gasteiger partial charge >= 0.3 is 0 Å². The van der Waals surface area contributed by atoms with Crippen molar-refractivity contribution in [3.05, 3.63) is 0 Å². The van der Waals surface area contributed by atoms with Gasteiger partial charge in [0, 0.05) is 5.92 Å². The van der Waals surface area contributed by atoms with Crippen molar-refractivity contribution in [3.63, 3.8) is 0 Å². The number of unbranched alkanes of at least 4 members (excludes halogenated alkanes) is 1. The van der Waals surface area contributed by atoms with Crippen LogP contribution in [-0.2, 0) is 9.47 Å². The van der Waals surface area contributed by atoms with E-state index in [1.54, 1.807) is 0 Å². The molecule has 1 aliphatic carbocycles. The lowest BCUT2D eigenvalue weighted by molar-refractivity contribution is -0.278. The number of rotatable bonds is 6. The highest BCUT2D eigenvalue weighted by Gasteiger charge is 2.46. The Morgan fingerprint density at radius 3 is 2.52 bits per heavy atom. The van der Waals surface area contributed by atoms with Crippen LogP contribution in [0.3, 0.4) is 0 Å². The maximum atomic E-state index is 9.73. The number of hydrogen-bond donors (Lipinski definition) is 0. The fraction of sp³-hybridized carbons (Fsp3) is 0.944. The van der Waals surface area contributed by atoms with Crippen molar-refractivity contribution in [2.45, 2.75) is 90.4 Å². The van der Waals surface area contributed by atoms with Gasteiger partial charge in [0.15, 0.2) is 6.29 Å². The molecule has 1 heterocycles. The van der Waals surface area contributed by atoms with E-state index in [4.69, 9.17) is 9.47 Å². The van der Waals surface area contributed by atoms with Crippen molar-refractivity contribution < 1.29 is 9.47 Å². The third-order valence-electron chi connectivity index (χ3n) is 5.19. The van der Waals surface area contributed by atoms with Crippen molar-refractivity contribution in [2.75, 3.05) is 6.61 Å². The van der Waals surface area contributed by atoms with Gasteiger partial charge in [-0.3, -0.25) is 0 Å². The van der Waals surface area contributed by atoms with Crippen molar-refractivity contribution in [1.29, 1.82) is 5.26 Å². The molecule has 2 rings (SSSR count). The molecule has 0 spiro atoms. The van der Waals surface area contributed by atoms with Gasteiger partial charge in [-0.05, 0) is 25.7 Å². The molecule has 3 nitrogen and oxygen atoms in total. The largest absolute Gasteiger partial charge is 0.351 e. The zero-order valence-corrected chi connectivity index (χ0v) is 13.8. The molecule has 0 aromatic heterocycles. The molecule has 0 radical (unpaired) electrons. The highest BCUT2D eigenvalue weighted by Crippen LogP contribution is 2.41. The van der Waals surface area contributed by atoms with Gasteiger partial charge in [-0.15, -0.1) is 0 Å². The van der Waals surface area contributed by atoms with E-state index >= 15 is 0 Å². The molecular weight excluding hydrogens is 262 g/mol. The molecule has 1 saturated carbocycles. The summed E-state index contributed by atoms with van der Waals surface area (Å²) in [5, 5.41) is 9.73. The van der Waals surface area contributed by atoms with Crippen LogP contribution in [0.25, 0.3) is 0 Å². The lowest BCUT2D eigenvalue weighted by Crippen LogP contribution is -2.50. The Labute approximate surface area is 130 Å². The van der Waals surface area contributed by atoms with Crippen LogP contribution < -0.4 is 0 Å². The van der Waals surface area contributed by atoms with Gasteiger partial charge in [-0.2, -0.15) is 5.26 Å². The van der Waals surface area contributed by atoms with Crippen LogP contribution in [0.4, 0.5) is 0 Å². The lowest BCUT2D eigenvalue weighted by Gasteiger charge is -2.45. The quantitative estimate of drug-likeness (QED) is 0.706. The molecule has 0 N–H and O–H groups in total. The molecule has 1 aliphatic heterocycles. The van der Waals surface area contributed by atoms with E-state index in [1.807, 2.05) is 0 Å². The van der Waals surface area contributed by atoms with Gasteiger partial charge in [0.05, 0.1) is 18.8 Å². The molecule has 2 fully saturated rings. The van der Waals surface area contributed by atoms with E-state index in [-0.39, 0.29) is 12.4 Å². The van der Waals surface area contributed by atoms with Crippen LogP contribution in [0.1, 0.15) is 78.1 Å². The minimum absolute atomic E-state index is 0.0584. The Morgan fingerprint density at radius 1 is 1.14 bits per heavy atom. The smallest absolute Gasteiger partial charge is 0.160 e. The van der Waals surface area contributed by atoms with Gasteiger partial charge in [-0.1, -0.05) is 52.4 Å². The van der Waals surface area contributed by atoms with Crippen LogP contribution in [0, 0.1) is 22.7 Å². The first kappa shape index (κ1) is 16.8. The predicted octanol–water partition coefficient (Wildman–Crippen LogP) is 4.81. The summed E-state index contributed by atoms with van der Waals surface area (Å²) in [4.78, 5) is 0. The first-order valence-corrected chi connectivity index (χ1v) is 8.94. The topological polar surface area (TPSA) is 42.2 Å². The average Bonchev–Trinajstić information content (AvgIpc) is 2.55. The standard InChI is InChI=1S/C18H31NO2/c1-3-5-11-16-18(13-19,12-4-2)14-20-17(21-16)15-9-7-6-8-10-15/h15-17H,3-12,14H2,1-2H3. The Hall–Kier alpha value is -0.590. The predicted molar refractivity (Wildman–Crippen MR) is 83.7 cm³/mol. The molecule has 120 valence electrons. The van der Waals surface area contributed by atoms with E-state index in [0.717, 1.165) is 32.1 Å². The van der Waals surface area contributed by atoms with Crippen LogP contribution in [0.2, 0.25) is 0 Å². The zero-order chi connectivity index (χ0) is 15.1.